The molecule has 0 radical (unpaired) electrons. The molecule has 0 bridgehead atoms. The van der Waals surface area contributed by atoms with Crippen LogP contribution in [0, 0.1) is 11.3 Å². The Morgan fingerprint density at radius 2 is 1.71 bits per heavy atom. The molecule has 2 aliphatic carbocycles. The van der Waals surface area contributed by atoms with Gasteiger partial charge in [-0.3, -0.25) is 9.59 Å². The number of nitrogens with one attached hydrogen (secondary N) is 1. The van der Waals surface area contributed by atoms with Crippen molar-refractivity contribution in [2.45, 2.75) is 83.6 Å². The van der Waals surface area contributed by atoms with Crippen molar-refractivity contribution in [3.8, 4) is 0 Å². The lowest BCUT2D eigenvalue weighted by molar-refractivity contribution is -0.140. The van der Waals surface area contributed by atoms with E-state index >= 15 is 0 Å². The van der Waals surface area contributed by atoms with Crippen LogP contribution in [0.25, 0.3) is 0 Å². The van der Waals surface area contributed by atoms with Gasteiger partial charge in [-0.25, -0.2) is 0 Å². The number of aliphatic carboxylic acids is 1. The third-order valence-electron chi connectivity index (χ3n) is 5.47. The molecule has 2 saturated carbocycles. The van der Waals surface area contributed by atoms with Crippen LogP contribution in [-0.2, 0) is 9.59 Å². The Balaban J connectivity index is 1.85. The second-order valence-corrected chi connectivity index (χ2v) is 7.21. The molecule has 0 saturated heterocycles. The van der Waals surface area contributed by atoms with Crippen molar-refractivity contribution in [1.82, 2.24) is 5.32 Å². The summed E-state index contributed by atoms with van der Waals surface area (Å²) in [5.41, 5.74) is -0.289. The number of rotatable bonds is 6. The van der Waals surface area contributed by atoms with E-state index in [1.807, 2.05) is 0 Å². The van der Waals surface area contributed by atoms with Crippen LogP contribution in [0.4, 0.5) is 0 Å². The molecule has 4 nitrogen and oxygen atoms in total. The van der Waals surface area contributed by atoms with E-state index in [9.17, 15) is 9.59 Å². The average Bonchev–Trinajstić information content (AvgIpc) is 2.86. The van der Waals surface area contributed by atoms with E-state index in [0.29, 0.717) is 12.3 Å². The van der Waals surface area contributed by atoms with E-state index in [0.717, 1.165) is 25.7 Å². The van der Waals surface area contributed by atoms with E-state index in [4.69, 9.17) is 5.11 Å². The van der Waals surface area contributed by atoms with E-state index in [2.05, 4.69) is 12.2 Å². The van der Waals surface area contributed by atoms with Crippen LogP contribution in [0.3, 0.4) is 0 Å². The van der Waals surface area contributed by atoms with Crippen molar-refractivity contribution in [2.24, 2.45) is 11.3 Å². The number of hydrogen-bond acceptors (Lipinski definition) is 2. The standard InChI is InChI=1S/C17H29NO3/c1-13(14-7-3-2-4-8-14)18-15(19)11-17(12-16(20)21)9-5-6-10-17/h13-14H,2-12H2,1H3,(H,18,19)(H,20,21)/t13-/m0/s1. The first-order valence-corrected chi connectivity index (χ1v) is 8.52. The molecule has 0 aromatic heterocycles. The maximum Gasteiger partial charge on any atom is 0.303 e. The zero-order valence-corrected chi connectivity index (χ0v) is 13.2. The van der Waals surface area contributed by atoms with Gasteiger partial charge in [0.25, 0.3) is 0 Å². The lowest BCUT2D eigenvalue weighted by Crippen LogP contribution is -2.41. The Labute approximate surface area is 127 Å². The lowest BCUT2D eigenvalue weighted by Gasteiger charge is -2.31. The number of carbonyl (C=O) groups is 2. The van der Waals surface area contributed by atoms with E-state index in [1.54, 1.807) is 0 Å². The molecular formula is C17H29NO3. The Morgan fingerprint density at radius 1 is 1.10 bits per heavy atom. The molecule has 0 aliphatic heterocycles. The van der Waals surface area contributed by atoms with Crippen molar-refractivity contribution in [1.29, 1.82) is 0 Å². The van der Waals surface area contributed by atoms with Gasteiger partial charge in [0.1, 0.15) is 0 Å². The van der Waals surface area contributed by atoms with Crippen molar-refractivity contribution >= 4 is 11.9 Å². The molecule has 2 fully saturated rings. The highest BCUT2D eigenvalue weighted by Crippen LogP contribution is 2.44. The van der Waals surface area contributed by atoms with Crippen molar-refractivity contribution in [3.63, 3.8) is 0 Å². The smallest absolute Gasteiger partial charge is 0.303 e. The molecule has 0 aromatic carbocycles. The fourth-order valence-corrected chi connectivity index (χ4v) is 4.26. The summed E-state index contributed by atoms with van der Waals surface area (Å²) in [5, 5.41) is 12.2. The SMILES string of the molecule is C[C@H](NC(=O)CC1(CC(=O)O)CCCC1)C1CCCCC1. The Bertz CT molecular complexity index is 368. The predicted octanol–water partition coefficient (Wildman–Crippen LogP) is 3.50. The fourth-order valence-electron chi connectivity index (χ4n) is 4.26. The van der Waals surface area contributed by atoms with Crippen LogP contribution in [-0.4, -0.2) is 23.0 Å². The van der Waals surface area contributed by atoms with Gasteiger partial charge in [0.05, 0.1) is 6.42 Å². The summed E-state index contributed by atoms with van der Waals surface area (Å²) < 4.78 is 0. The van der Waals surface area contributed by atoms with Crippen molar-refractivity contribution in [3.05, 3.63) is 0 Å². The van der Waals surface area contributed by atoms with Crippen LogP contribution >= 0.6 is 0 Å². The second kappa shape index (κ2) is 7.28. The third kappa shape index (κ3) is 4.72. The largest absolute Gasteiger partial charge is 0.481 e. The first-order chi connectivity index (χ1) is 10.0. The van der Waals surface area contributed by atoms with Gasteiger partial charge in [0.15, 0.2) is 0 Å². The molecule has 2 aliphatic rings. The van der Waals surface area contributed by atoms with Gasteiger partial charge in [-0.05, 0) is 43.9 Å². The molecule has 4 heteroatoms. The quantitative estimate of drug-likeness (QED) is 0.788. The molecule has 2 rings (SSSR count). The highest BCUT2D eigenvalue weighted by atomic mass is 16.4. The van der Waals surface area contributed by atoms with Gasteiger partial charge in [-0.2, -0.15) is 0 Å². The molecule has 0 aromatic rings. The van der Waals surface area contributed by atoms with Gasteiger partial charge in [-0.1, -0.05) is 32.1 Å². The summed E-state index contributed by atoms with van der Waals surface area (Å²) in [6.45, 7) is 2.10. The molecular weight excluding hydrogens is 266 g/mol. The van der Waals surface area contributed by atoms with Gasteiger partial charge in [0, 0.05) is 12.5 Å². The zero-order chi connectivity index (χ0) is 15.3. The molecule has 0 unspecified atom stereocenters. The van der Waals surface area contributed by atoms with Crippen LogP contribution < -0.4 is 5.32 Å². The molecule has 2 N–H and O–H groups in total. The topological polar surface area (TPSA) is 66.4 Å². The highest BCUT2D eigenvalue weighted by Gasteiger charge is 2.38. The van der Waals surface area contributed by atoms with Crippen LogP contribution in [0.2, 0.25) is 0 Å². The Hall–Kier alpha value is -1.06. The summed E-state index contributed by atoms with van der Waals surface area (Å²) in [5.74, 6) is -0.122. The summed E-state index contributed by atoms with van der Waals surface area (Å²) in [6, 6.07) is 0.223. The summed E-state index contributed by atoms with van der Waals surface area (Å²) in [4.78, 5) is 23.4. The number of hydrogen-bond donors (Lipinski definition) is 2. The molecule has 1 atom stereocenters. The van der Waals surface area contributed by atoms with Gasteiger partial charge in [-0.15, -0.1) is 0 Å². The molecule has 1 amide bonds. The van der Waals surface area contributed by atoms with Crippen LogP contribution in [0.15, 0.2) is 0 Å². The average molecular weight is 295 g/mol. The fraction of sp³-hybridized carbons (Fsp3) is 0.882. The zero-order valence-electron chi connectivity index (χ0n) is 13.2. The third-order valence-corrected chi connectivity index (χ3v) is 5.47. The minimum absolute atomic E-state index is 0.0521. The predicted molar refractivity (Wildman–Crippen MR) is 82.0 cm³/mol. The lowest BCUT2D eigenvalue weighted by atomic mass is 9.79. The maximum absolute atomic E-state index is 12.3. The Morgan fingerprint density at radius 3 is 2.29 bits per heavy atom. The monoisotopic (exact) mass is 295 g/mol. The highest BCUT2D eigenvalue weighted by molar-refractivity contribution is 5.78. The van der Waals surface area contributed by atoms with Crippen molar-refractivity contribution in [2.75, 3.05) is 0 Å². The van der Waals surface area contributed by atoms with E-state index in [1.165, 1.54) is 32.1 Å². The van der Waals surface area contributed by atoms with Gasteiger partial charge < -0.3 is 10.4 Å². The molecule has 0 heterocycles. The normalized spacial score (nSPS) is 23.7. The summed E-state index contributed by atoms with van der Waals surface area (Å²) >= 11 is 0. The van der Waals surface area contributed by atoms with Gasteiger partial charge in [0.2, 0.25) is 5.91 Å². The first-order valence-electron chi connectivity index (χ1n) is 8.52. The summed E-state index contributed by atoms with van der Waals surface area (Å²) in [7, 11) is 0. The number of carbonyl (C=O) groups excluding carboxylic acids is 1. The van der Waals surface area contributed by atoms with E-state index < -0.39 is 5.97 Å². The van der Waals surface area contributed by atoms with Crippen molar-refractivity contribution < 1.29 is 14.7 Å². The first kappa shape index (κ1) is 16.3. The minimum Gasteiger partial charge on any atom is -0.481 e. The Kier molecular flexibility index (Phi) is 5.65. The number of amides is 1. The molecule has 120 valence electrons. The van der Waals surface area contributed by atoms with E-state index in [-0.39, 0.29) is 23.8 Å². The van der Waals surface area contributed by atoms with Crippen LogP contribution in [0.1, 0.15) is 77.6 Å². The summed E-state index contributed by atoms with van der Waals surface area (Å²) in [6.07, 6.45) is 10.7. The maximum atomic E-state index is 12.3. The molecule has 0 spiro atoms. The minimum atomic E-state index is -0.773. The molecule has 21 heavy (non-hydrogen) atoms. The number of carboxylic acid groups (broad SMARTS) is 1. The van der Waals surface area contributed by atoms with Gasteiger partial charge >= 0.3 is 5.97 Å². The van der Waals surface area contributed by atoms with Crippen LogP contribution in [0.5, 0.6) is 0 Å². The second-order valence-electron chi connectivity index (χ2n) is 7.21. The number of carboxylic acids is 1.